The Kier molecular flexibility index (Phi) is 7.65. The summed E-state index contributed by atoms with van der Waals surface area (Å²) in [7, 11) is 0.568. The minimum absolute atomic E-state index is 0.0172. The largest absolute Gasteiger partial charge is 0.636 e. The van der Waals surface area contributed by atoms with Gasteiger partial charge in [0.1, 0.15) is 23.4 Å². The molecule has 2 aliphatic heterocycles. The Morgan fingerprint density at radius 3 is 2.22 bits per heavy atom. The molecule has 0 aromatic heterocycles. The van der Waals surface area contributed by atoms with Crippen molar-refractivity contribution in [3.63, 3.8) is 0 Å². The fourth-order valence-corrected chi connectivity index (χ4v) is 5.53. The Labute approximate surface area is 239 Å². The summed E-state index contributed by atoms with van der Waals surface area (Å²) in [5.41, 5.74) is 3.40. The van der Waals surface area contributed by atoms with Crippen LogP contribution < -0.4 is 14.9 Å². The highest BCUT2D eigenvalue weighted by molar-refractivity contribution is 6.64. The Bertz CT molecular complexity index is 1420. The van der Waals surface area contributed by atoms with Crippen LogP contribution >= 0.6 is 0 Å². The summed E-state index contributed by atoms with van der Waals surface area (Å²) >= 11 is 0. The third-order valence-corrected chi connectivity index (χ3v) is 7.60. The second-order valence-corrected chi connectivity index (χ2v) is 10.6. The maximum absolute atomic E-state index is 12.6. The summed E-state index contributed by atoms with van der Waals surface area (Å²) in [6, 6.07) is 20.3. The fourth-order valence-electron chi connectivity index (χ4n) is 5.53. The van der Waals surface area contributed by atoms with E-state index in [0.29, 0.717) is 22.5 Å². The summed E-state index contributed by atoms with van der Waals surface area (Å²) in [6.45, 7) is 1.68. The van der Waals surface area contributed by atoms with E-state index in [0.717, 1.165) is 55.6 Å². The van der Waals surface area contributed by atoms with E-state index in [-0.39, 0.29) is 25.1 Å². The first kappa shape index (κ1) is 26.9. The highest BCUT2D eigenvalue weighted by Gasteiger charge is 2.34. The molecule has 3 aliphatic rings. The zero-order valence-electron chi connectivity index (χ0n) is 22.9. The predicted octanol–water partition coefficient (Wildman–Crippen LogP) is 3.51. The molecule has 3 aromatic rings. The van der Waals surface area contributed by atoms with Gasteiger partial charge in [-0.05, 0) is 80.8 Å². The number of amides is 1. The average molecular weight is 554 g/mol. The molecule has 0 radical (unpaired) electrons. The molecule has 0 unspecified atom stereocenters. The van der Waals surface area contributed by atoms with Crippen LogP contribution in [0.1, 0.15) is 46.9 Å². The van der Waals surface area contributed by atoms with Gasteiger partial charge in [0, 0.05) is 29.7 Å². The molecule has 1 atom stereocenters. The SMILES string of the molecule is CN1CC(=O)OB(c2ccc(O[C@@H]3CCc4c(Oc5ccc(C(=O)N6CCCC6)cc5)cccc43)cc2)OC(=O)C1. The number of ether oxygens (including phenoxy) is 2. The van der Waals surface area contributed by atoms with Crippen LogP contribution in [0.5, 0.6) is 17.2 Å². The van der Waals surface area contributed by atoms with Crippen molar-refractivity contribution in [3.05, 3.63) is 83.4 Å². The van der Waals surface area contributed by atoms with Crippen LogP contribution in [0.25, 0.3) is 0 Å². The molecular weight excluding hydrogens is 523 g/mol. The normalized spacial score (nSPS) is 19.2. The quantitative estimate of drug-likeness (QED) is 0.428. The zero-order chi connectivity index (χ0) is 28.3. The van der Waals surface area contributed by atoms with E-state index in [1.54, 1.807) is 36.2 Å². The first-order valence-corrected chi connectivity index (χ1v) is 14.0. The fraction of sp³-hybridized carbons (Fsp3) is 0.323. The number of hydrogen-bond acceptors (Lipinski definition) is 8. The smallest absolute Gasteiger partial charge is 0.494 e. The number of carbonyl (C=O) groups excluding carboxylic acids is 3. The number of rotatable bonds is 6. The molecule has 0 N–H and O–H groups in total. The lowest BCUT2D eigenvalue weighted by atomic mass is 9.78. The van der Waals surface area contributed by atoms with E-state index in [1.165, 1.54) is 0 Å². The zero-order valence-corrected chi connectivity index (χ0v) is 22.9. The molecule has 9 nitrogen and oxygen atoms in total. The van der Waals surface area contributed by atoms with Crippen molar-refractivity contribution in [1.82, 2.24) is 9.80 Å². The van der Waals surface area contributed by atoms with Gasteiger partial charge in [0.05, 0.1) is 13.1 Å². The molecule has 2 fully saturated rings. The van der Waals surface area contributed by atoms with E-state index in [9.17, 15) is 14.4 Å². The third kappa shape index (κ3) is 6.07. The molecule has 210 valence electrons. The monoisotopic (exact) mass is 554 g/mol. The summed E-state index contributed by atoms with van der Waals surface area (Å²) in [5, 5.41) is 0. The molecule has 0 spiro atoms. The summed E-state index contributed by atoms with van der Waals surface area (Å²) in [4.78, 5) is 40.2. The van der Waals surface area contributed by atoms with Crippen molar-refractivity contribution in [1.29, 1.82) is 0 Å². The van der Waals surface area contributed by atoms with Gasteiger partial charge in [0.15, 0.2) is 0 Å². The number of hydrogen-bond donors (Lipinski definition) is 0. The second-order valence-electron chi connectivity index (χ2n) is 10.6. The van der Waals surface area contributed by atoms with Gasteiger partial charge in [-0.3, -0.25) is 19.3 Å². The number of benzene rings is 3. The minimum Gasteiger partial charge on any atom is -0.494 e. The van der Waals surface area contributed by atoms with Gasteiger partial charge in [-0.15, -0.1) is 0 Å². The molecule has 0 bridgehead atoms. The third-order valence-electron chi connectivity index (χ3n) is 7.60. The molecule has 2 heterocycles. The van der Waals surface area contributed by atoms with E-state index in [2.05, 4.69) is 6.07 Å². The molecule has 0 saturated carbocycles. The van der Waals surface area contributed by atoms with Crippen LogP contribution in [0.4, 0.5) is 0 Å². The Hall–Kier alpha value is -4.31. The van der Waals surface area contributed by atoms with Gasteiger partial charge in [-0.2, -0.15) is 0 Å². The maximum Gasteiger partial charge on any atom is 0.636 e. The van der Waals surface area contributed by atoms with Crippen molar-refractivity contribution < 1.29 is 33.2 Å². The van der Waals surface area contributed by atoms with Crippen molar-refractivity contribution >= 4 is 30.4 Å². The Morgan fingerprint density at radius 1 is 0.878 bits per heavy atom. The highest BCUT2D eigenvalue weighted by atomic mass is 16.6. The van der Waals surface area contributed by atoms with E-state index in [1.807, 2.05) is 41.3 Å². The van der Waals surface area contributed by atoms with E-state index >= 15 is 0 Å². The molecular formula is C31H31BN2O7. The van der Waals surface area contributed by atoms with Crippen LogP contribution in [0.2, 0.25) is 0 Å². The van der Waals surface area contributed by atoms with Crippen molar-refractivity contribution in [2.45, 2.75) is 31.8 Å². The number of nitrogens with zero attached hydrogens (tertiary/aromatic N) is 2. The minimum atomic E-state index is -1.09. The van der Waals surface area contributed by atoms with Gasteiger partial charge < -0.3 is 23.7 Å². The standard InChI is InChI=1S/C31H31BN2O7/c1-33-19-29(35)40-32(41-30(36)20-33)22-9-13-24(14-10-22)39-28-16-15-26-25(28)5-4-6-27(26)38-23-11-7-21(8-12-23)31(37)34-17-2-3-18-34/h4-14,28H,2-3,15-20H2,1H3/t28-/m1/s1. The molecule has 6 rings (SSSR count). The molecule has 2 saturated heterocycles. The van der Waals surface area contributed by atoms with Gasteiger partial charge in [-0.1, -0.05) is 24.3 Å². The Balaban J connectivity index is 1.11. The lowest BCUT2D eigenvalue weighted by Crippen LogP contribution is -2.47. The van der Waals surface area contributed by atoms with Crippen molar-refractivity contribution in [3.8, 4) is 17.2 Å². The first-order valence-electron chi connectivity index (χ1n) is 14.0. The molecule has 1 aliphatic carbocycles. The second kappa shape index (κ2) is 11.7. The highest BCUT2D eigenvalue weighted by Crippen LogP contribution is 2.40. The number of likely N-dealkylation sites (N-methyl/N-ethyl adjacent to an activating group) is 1. The summed E-state index contributed by atoms with van der Waals surface area (Å²) in [6.07, 6.45) is 3.59. The molecule has 41 heavy (non-hydrogen) atoms. The molecule has 3 aromatic carbocycles. The van der Waals surface area contributed by atoms with Gasteiger partial charge in [0.2, 0.25) is 0 Å². The summed E-state index contributed by atoms with van der Waals surface area (Å²) in [5.74, 6) is 1.26. The van der Waals surface area contributed by atoms with Crippen LogP contribution in [-0.4, -0.2) is 68.0 Å². The number of carbonyl (C=O) groups is 3. The number of likely N-dealkylation sites (tertiary alicyclic amines) is 1. The number of fused-ring (bicyclic) bond motifs is 1. The molecule has 1 amide bonds. The topological polar surface area (TPSA) is 94.6 Å². The summed E-state index contributed by atoms with van der Waals surface area (Å²) < 4.78 is 23.2. The average Bonchev–Trinajstić information content (AvgIpc) is 3.64. The van der Waals surface area contributed by atoms with Crippen LogP contribution in [0.3, 0.4) is 0 Å². The first-order chi connectivity index (χ1) is 19.9. The van der Waals surface area contributed by atoms with Crippen molar-refractivity contribution in [2.75, 3.05) is 33.2 Å². The Morgan fingerprint density at radius 2 is 1.54 bits per heavy atom. The lowest BCUT2D eigenvalue weighted by molar-refractivity contribution is -0.145. The van der Waals surface area contributed by atoms with E-state index < -0.39 is 19.1 Å². The van der Waals surface area contributed by atoms with Crippen LogP contribution in [0.15, 0.2) is 66.7 Å². The lowest BCUT2D eigenvalue weighted by Gasteiger charge is -2.22. The van der Waals surface area contributed by atoms with Gasteiger partial charge in [-0.25, -0.2) is 0 Å². The molecule has 10 heteroatoms. The predicted molar refractivity (Wildman–Crippen MR) is 151 cm³/mol. The van der Waals surface area contributed by atoms with Crippen LogP contribution in [0, 0.1) is 0 Å². The van der Waals surface area contributed by atoms with Gasteiger partial charge in [0.25, 0.3) is 5.91 Å². The van der Waals surface area contributed by atoms with Crippen molar-refractivity contribution in [2.24, 2.45) is 0 Å². The van der Waals surface area contributed by atoms with Gasteiger partial charge >= 0.3 is 19.1 Å². The van der Waals surface area contributed by atoms with E-state index in [4.69, 9.17) is 18.8 Å². The van der Waals surface area contributed by atoms with Crippen LogP contribution in [-0.2, 0) is 25.3 Å². The maximum atomic E-state index is 12.6.